The van der Waals surface area contributed by atoms with Crippen LogP contribution in [-0.4, -0.2) is 52.6 Å². The minimum atomic E-state index is -1.25. The van der Waals surface area contributed by atoms with Crippen LogP contribution in [0.15, 0.2) is 18.2 Å². The number of hydrogen-bond acceptors (Lipinski definition) is 6. The van der Waals surface area contributed by atoms with Crippen molar-refractivity contribution in [3.05, 3.63) is 39.4 Å². The largest absolute Gasteiger partial charge is 0.477 e. The summed E-state index contributed by atoms with van der Waals surface area (Å²) < 4.78 is 9.61. The Hall–Kier alpha value is -2.07. The van der Waals surface area contributed by atoms with Gasteiger partial charge in [0.05, 0.1) is 10.0 Å². The normalized spacial score (nSPS) is 15.2. The number of halogens is 2. The van der Waals surface area contributed by atoms with Crippen LogP contribution in [0.3, 0.4) is 0 Å². The predicted octanol–water partition coefficient (Wildman–Crippen LogP) is 4.97. The summed E-state index contributed by atoms with van der Waals surface area (Å²) >= 11 is 13.0. The van der Waals surface area contributed by atoms with Gasteiger partial charge in [-0.25, -0.2) is 9.59 Å². The van der Waals surface area contributed by atoms with Gasteiger partial charge in [0, 0.05) is 18.7 Å². The lowest BCUT2D eigenvalue weighted by Gasteiger charge is -2.29. The Morgan fingerprint density at radius 2 is 2.03 bits per heavy atom. The fourth-order valence-corrected chi connectivity index (χ4v) is 4.61. The number of ether oxygens (including phenoxy) is 1. The maximum absolute atomic E-state index is 12.3. The molecule has 0 saturated carbocycles. The van der Waals surface area contributed by atoms with Crippen LogP contribution in [0.2, 0.25) is 10.0 Å². The number of likely N-dealkylation sites (tertiary alicyclic amines) is 1. The van der Waals surface area contributed by atoms with E-state index in [2.05, 4.69) is 26.8 Å². The number of carbonyl (C=O) groups is 2. The molecule has 1 aliphatic heterocycles. The van der Waals surface area contributed by atoms with Gasteiger partial charge in [0.25, 0.3) is 0 Å². The summed E-state index contributed by atoms with van der Waals surface area (Å²) in [6, 6.07) is 4.60. The molecule has 1 unspecified atom stereocenters. The van der Waals surface area contributed by atoms with Gasteiger partial charge in [-0.05, 0) is 49.4 Å². The maximum atomic E-state index is 12.3. The van der Waals surface area contributed by atoms with Crippen molar-refractivity contribution in [1.82, 2.24) is 14.6 Å². The number of aromatic nitrogens is 1. The van der Waals surface area contributed by atoms with Crippen LogP contribution in [0.4, 0.5) is 9.80 Å². The van der Waals surface area contributed by atoms with Crippen molar-refractivity contribution in [3.8, 4) is 5.88 Å². The summed E-state index contributed by atoms with van der Waals surface area (Å²) in [5.41, 5.74) is 0.392. The van der Waals surface area contributed by atoms with Gasteiger partial charge in [-0.3, -0.25) is 5.32 Å². The van der Waals surface area contributed by atoms with Crippen LogP contribution < -0.4 is 15.4 Å². The van der Waals surface area contributed by atoms with Crippen molar-refractivity contribution < 1.29 is 19.4 Å². The topological polar surface area (TPSA) is 104 Å². The lowest BCUT2D eigenvalue weighted by Crippen LogP contribution is -2.39. The van der Waals surface area contributed by atoms with Crippen LogP contribution in [0.5, 0.6) is 5.88 Å². The summed E-state index contributed by atoms with van der Waals surface area (Å²) in [5, 5.41) is 15.8. The summed E-state index contributed by atoms with van der Waals surface area (Å²) in [7, 11) is 0. The molecule has 0 spiro atoms. The third-order valence-electron chi connectivity index (χ3n) is 5.13. The Morgan fingerprint density at radius 3 is 2.75 bits per heavy atom. The molecule has 1 aromatic carbocycles. The number of carboxylic acids is 1. The fourth-order valence-electron chi connectivity index (χ4n) is 3.52. The Kier molecular flexibility index (Phi) is 8.98. The van der Waals surface area contributed by atoms with Crippen molar-refractivity contribution in [2.45, 2.75) is 32.8 Å². The van der Waals surface area contributed by atoms with Crippen LogP contribution in [0, 0.1) is 5.92 Å². The van der Waals surface area contributed by atoms with Crippen molar-refractivity contribution in [3.63, 3.8) is 0 Å². The van der Waals surface area contributed by atoms with Gasteiger partial charge in [0.1, 0.15) is 11.6 Å². The first-order valence-corrected chi connectivity index (χ1v) is 11.9. The molecule has 1 aliphatic rings. The Labute approximate surface area is 201 Å². The first-order chi connectivity index (χ1) is 15.3. The fraction of sp³-hybridized carbons (Fsp3) is 0.476. The molecule has 0 aliphatic carbocycles. The number of nitrogens with one attached hydrogen (secondary N) is 2. The first kappa shape index (κ1) is 24.6. The number of nitrogens with zero attached hydrogens (tertiary/aromatic N) is 2. The molecule has 1 atom stereocenters. The summed E-state index contributed by atoms with van der Waals surface area (Å²) in [6.07, 6.45) is 3.72. The number of rotatable bonds is 9. The van der Waals surface area contributed by atoms with E-state index in [9.17, 15) is 14.7 Å². The molecule has 1 fully saturated rings. The third kappa shape index (κ3) is 6.71. The second kappa shape index (κ2) is 11.7. The van der Waals surface area contributed by atoms with Gasteiger partial charge in [-0.15, -0.1) is 0 Å². The summed E-state index contributed by atoms with van der Waals surface area (Å²) in [4.78, 5) is 26.5. The molecular weight excluding hydrogens is 475 g/mol. The zero-order chi connectivity index (χ0) is 23.1. The van der Waals surface area contributed by atoms with E-state index >= 15 is 0 Å². The molecule has 174 valence electrons. The molecule has 3 rings (SSSR count). The molecule has 2 heterocycles. The van der Waals surface area contributed by atoms with E-state index in [4.69, 9.17) is 27.9 Å². The molecule has 0 bridgehead atoms. The average molecular weight is 501 g/mol. The Morgan fingerprint density at radius 1 is 1.28 bits per heavy atom. The SMILES string of the molecule is CC(CNC(=O)Nc1snc(OCc2cccc(Cl)c2Cl)c1C(=O)O)CN1CCCCC1. The van der Waals surface area contributed by atoms with Crippen molar-refractivity contribution in [2.24, 2.45) is 5.92 Å². The average Bonchev–Trinajstić information content (AvgIpc) is 3.16. The first-order valence-electron chi connectivity index (χ1n) is 10.4. The van der Waals surface area contributed by atoms with Gasteiger partial charge in [-0.2, -0.15) is 4.37 Å². The number of amides is 2. The minimum absolute atomic E-state index is 0.0109. The summed E-state index contributed by atoms with van der Waals surface area (Å²) in [6.45, 7) is 5.68. The van der Waals surface area contributed by atoms with Crippen LogP contribution >= 0.6 is 34.7 Å². The lowest BCUT2D eigenvalue weighted by molar-refractivity contribution is 0.0693. The molecule has 11 heteroatoms. The predicted molar refractivity (Wildman–Crippen MR) is 126 cm³/mol. The molecule has 32 heavy (non-hydrogen) atoms. The van der Waals surface area contributed by atoms with E-state index in [1.54, 1.807) is 18.2 Å². The van der Waals surface area contributed by atoms with Crippen molar-refractivity contribution in [2.75, 3.05) is 31.5 Å². The molecule has 2 aromatic rings. The zero-order valence-corrected chi connectivity index (χ0v) is 20.0. The second-order valence-electron chi connectivity index (χ2n) is 7.80. The van der Waals surface area contributed by atoms with Crippen molar-refractivity contribution in [1.29, 1.82) is 0 Å². The quantitative estimate of drug-likeness (QED) is 0.448. The Balaban J connectivity index is 1.55. The molecule has 8 nitrogen and oxygen atoms in total. The molecule has 3 N–H and O–H groups in total. The minimum Gasteiger partial charge on any atom is -0.477 e. The number of carboxylic acid groups (broad SMARTS) is 1. The number of carbonyl (C=O) groups excluding carboxylic acids is 1. The van der Waals surface area contributed by atoms with Crippen LogP contribution in [0.25, 0.3) is 0 Å². The highest BCUT2D eigenvalue weighted by atomic mass is 35.5. The molecular formula is C21H26Cl2N4O4S. The highest BCUT2D eigenvalue weighted by Crippen LogP contribution is 2.32. The standard InChI is InChI=1S/C21H26Cl2N4O4S/c1-13(11-27-8-3-2-4-9-27)10-24-21(30)25-19-16(20(28)29)18(26-32-19)31-12-14-6-5-7-15(22)17(14)23/h5-7,13H,2-4,8-12H2,1H3,(H,28,29)(H2,24,25,30). The maximum Gasteiger partial charge on any atom is 0.344 e. The van der Waals surface area contributed by atoms with Crippen LogP contribution in [0.1, 0.15) is 42.1 Å². The van der Waals surface area contributed by atoms with E-state index < -0.39 is 12.0 Å². The number of urea groups is 1. The van der Waals surface area contributed by atoms with E-state index in [0.29, 0.717) is 22.2 Å². The third-order valence-corrected chi connectivity index (χ3v) is 6.73. The highest BCUT2D eigenvalue weighted by molar-refractivity contribution is 7.11. The Bertz CT molecular complexity index is 950. The molecule has 1 aromatic heterocycles. The van der Waals surface area contributed by atoms with Crippen molar-refractivity contribution >= 4 is 51.7 Å². The van der Waals surface area contributed by atoms with E-state index in [0.717, 1.165) is 31.2 Å². The summed E-state index contributed by atoms with van der Waals surface area (Å²) in [5.74, 6) is -1.06. The molecule has 0 radical (unpaired) electrons. The zero-order valence-electron chi connectivity index (χ0n) is 17.7. The van der Waals surface area contributed by atoms with E-state index in [1.165, 1.54) is 19.3 Å². The second-order valence-corrected chi connectivity index (χ2v) is 9.36. The number of benzene rings is 1. The monoisotopic (exact) mass is 500 g/mol. The van der Waals surface area contributed by atoms with E-state index in [-0.39, 0.29) is 29.0 Å². The van der Waals surface area contributed by atoms with Gasteiger partial charge in [-0.1, -0.05) is 48.7 Å². The van der Waals surface area contributed by atoms with Gasteiger partial charge < -0.3 is 20.1 Å². The molecule has 2 amide bonds. The smallest absolute Gasteiger partial charge is 0.344 e. The number of hydrogen-bond donors (Lipinski definition) is 3. The van der Waals surface area contributed by atoms with Gasteiger partial charge in [0.15, 0.2) is 5.56 Å². The van der Waals surface area contributed by atoms with Crippen LogP contribution in [-0.2, 0) is 6.61 Å². The number of piperidine rings is 1. The number of aromatic carboxylic acids is 1. The number of anilines is 1. The molecule has 1 saturated heterocycles. The highest BCUT2D eigenvalue weighted by Gasteiger charge is 2.24. The van der Waals surface area contributed by atoms with Gasteiger partial charge in [0.2, 0.25) is 5.88 Å². The van der Waals surface area contributed by atoms with Gasteiger partial charge >= 0.3 is 12.0 Å². The van der Waals surface area contributed by atoms with E-state index in [1.807, 2.05) is 0 Å². The lowest BCUT2D eigenvalue weighted by atomic mass is 10.1.